The van der Waals surface area contributed by atoms with Crippen LogP contribution in [-0.2, 0) is 23.5 Å². The van der Waals surface area contributed by atoms with E-state index in [4.69, 9.17) is 0 Å². The largest absolute Gasteiger partial charge is 0.313 e. The van der Waals surface area contributed by atoms with Crippen LogP contribution in [0.1, 0.15) is 24.1 Å². The van der Waals surface area contributed by atoms with Gasteiger partial charge in [-0.1, -0.05) is 31.2 Å². The van der Waals surface area contributed by atoms with Gasteiger partial charge in [0.2, 0.25) is 0 Å². The van der Waals surface area contributed by atoms with Crippen molar-refractivity contribution < 1.29 is 8.42 Å². The molecule has 1 saturated heterocycles. The van der Waals surface area contributed by atoms with Crippen LogP contribution in [0.15, 0.2) is 41.6 Å². The maximum atomic E-state index is 13.0. The Morgan fingerprint density at radius 3 is 2.54 bits per heavy atom. The minimum Gasteiger partial charge on any atom is -0.313 e. The fourth-order valence-corrected chi connectivity index (χ4v) is 4.68. The quantitative estimate of drug-likeness (QED) is 0.890. The maximum absolute atomic E-state index is 13.0. The number of nitrogens with zero attached hydrogens (tertiary/aromatic N) is 3. The molecule has 2 heterocycles. The number of rotatable bonds is 4. The molecule has 1 N–H and O–H groups in total. The predicted octanol–water partition coefficient (Wildman–Crippen LogP) is 1.74. The van der Waals surface area contributed by atoms with E-state index in [1.165, 1.54) is 16.4 Å². The molecule has 1 atom stereocenters. The molecule has 0 aliphatic carbocycles. The first kappa shape index (κ1) is 18.9. The van der Waals surface area contributed by atoms with Gasteiger partial charge >= 0.3 is 0 Å². The number of benzene rings is 1. The monoisotopic (exact) mass is 370 g/mol. The fourth-order valence-electron chi connectivity index (χ4n) is 2.97. The lowest BCUT2D eigenvalue weighted by molar-refractivity contribution is 0.269. The van der Waals surface area contributed by atoms with Gasteiger partial charge in [-0.3, -0.25) is 4.68 Å². The van der Waals surface area contributed by atoms with Crippen molar-refractivity contribution in [2.24, 2.45) is 7.05 Å². The van der Waals surface area contributed by atoms with Gasteiger partial charge in [0.05, 0.1) is 12.2 Å². The highest BCUT2D eigenvalue weighted by Gasteiger charge is 2.35. The van der Waals surface area contributed by atoms with Crippen LogP contribution in [0, 0.1) is 0 Å². The van der Waals surface area contributed by atoms with Gasteiger partial charge in [-0.05, 0) is 23.6 Å². The smallest absolute Gasteiger partial charge is 0.260 e. The molecule has 1 aromatic heterocycles. The Bertz CT molecular complexity index is 774. The first-order valence-corrected chi connectivity index (χ1v) is 9.27. The molecule has 1 aliphatic heterocycles. The first-order chi connectivity index (χ1) is 11.0. The number of hydrogen-bond donors (Lipinski definition) is 1. The molecule has 8 heteroatoms. The summed E-state index contributed by atoms with van der Waals surface area (Å²) in [6.07, 6.45) is 2.49. The molecule has 0 saturated carbocycles. The van der Waals surface area contributed by atoms with Crippen LogP contribution in [0.3, 0.4) is 0 Å². The van der Waals surface area contributed by atoms with Gasteiger partial charge in [0, 0.05) is 26.7 Å². The molecular weight excluding hydrogens is 348 g/mol. The molecule has 0 amide bonds. The molecule has 0 spiro atoms. The van der Waals surface area contributed by atoms with Crippen LogP contribution in [0.5, 0.6) is 0 Å². The van der Waals surface area contributed by atoms with Gasteiger partial charge in [-0.15, -0.1) is 12.4 Å². The molecule has 3 rings (SSSR count). The molecular formula is C16H23ClN4O2S. The second-order valence-corrected chi connectivity index (χ2v) is 7.56. The van der Waals surface area contributed by atoms with Gasteiger partial charge in [-0.2, -0.15) is 9.40 Å². The molecule has 132 valence electrons. The van der Waals surface area contributed by atoms with Gasteiger partial charge in [0.1, 0.15) is 0 Å². The van der Waals surface area contributed by atoms with Crippen molar-refractivity contribution in [2.45, 2.75) is 24.4 Å². The summed E-state index contributed by atoms with van der Waals surface area (Å²) in [5, 5.41) is 7.52. The zero-order valence-electron chi connectivity index (χ0n) is 13.8. The number of piperazine rings is 1. The summed E-state index contributed by atoms with van der Waals surface area (Å²) in [6.45, 7) is 3.83. The van der Waals surface area contributed by atoms with E-state index < -0.39 is 10.0 Å². The van der Waals surface area contributed by atoms with Gasteiger partial charge < -0.3 is 5.32 Å². The molecule has 1 fully saturated rings. The highest BCUT2D eigenvalue weighted by molar-refractivity contribution is 7.89. The van der Waals surface area contributed by atoms with Gasteiger partial charge in [0.25, 0.3) is 10.0 Å². The Labute approximate surface area is 149 Å². The Balaban J connectivity index is 0.00000208. The fraction of sp³-hybridized carbons (Fsp3) is 0.438. The average Bonchev–Trinajstić information content (AvgIpc) is 3.02. The molecule has 1 aromatic carbocycles. The number of nitrogens with one attached hydrogen (secondary N) is 1. The van der Waals surface area contributed by atoms with Crippen molar-refractivity contribution in [3.63, 3.8) is 0 Å². The predicted molar refractivity (Wildman–Crippen MR) is 95.8 cm³/mol. The summed E-state index contributed by atoms with van der Waals surface area (Å²) in [5.74, 6) is 0. The normalized spacial score (nSPS) is 19.0. The SMILES string of the molecule is CCc1ccc(C2CNCCN2S(=O)(=O)c2ccnn2C)cc1.Cl. The lowest BCUT2D eigenvalue weighted by Crippen LogP contribution is -2.48. The van der Waals surface area contributed by atoms with Crippen LogP contribution in [-0.4, -0.2) is 42.1 Å². The summed E-state index contributed by atoms with van der Waals surface area (Å²) < 4.78 is 29.0. The standard InChI is InChI=1S/C16H22N4O2S.ClH/c1-3-13-4-6-14(7-5-13)15-12-17-10-11-20(15)23(21,22)16-8-9-18-19(16)2;/h4-9,15,17H,3,10-12H2,1-2H3;1H. The second kappa shape index (κ2) is 7.65. The third-order valence-corrected chi connectivity index (χ3v) is 6.30. The Morgan fingerprint density at radius 2 is 1.96 bits per heavy atom. The van der Waals surface area contributed by atoms with E-state index in [2.05, 4.69) is 29.5 Å². The average molecular weight is 371 g/mol. The molecule has 1 aliphatic rings. The van der Waals surface area contributed by atoms with E-state index in [9.17, 15) is 8.42 Å². The van der Waals surface area contributed by atoms with Crippen LogP contribution >= 0.6 is 12.4 Å². The van der Waals surface area contributed by atoms with E-state index >= 15 is 0 Å². The number of hydrogen-bond acceptors (Lipinski definition) is 4. The number of halogens is 1. The minimum atomic E-state index is -3.57. The summed E-state index contributed by atoms with van der Waals surface area (Å²) in [6, 6.07) is 9.55. The zero-order chi connectivity index (χ0) is 16.4. The zero-order valence-corrected chi connectivity index (χ0v) is 15.5. The number of sulfonamides is 1. The minimum absolute atomic E-state index is 0. The van der Waals surface area contributed by atoms with Gasteiger partial charge in [0.15, 0.2) is 5.03 Å². The topological polar surface area (TPSA) is 67.2 Å². The lowest BCUT2D eigenvalue weighted by Gasteiger charge is -2.35. The summed E-state index contributed by atoms with van der Waals surface area (Å²) in [4.78, 5) is 0. The van der Waals surface area contributed by atoms with Crippen molar-refractivity contribution in [1.82, 2.24) is 19.4 Å². The number of aromatic nitrogens is 2. The van der Waals surface area contributed by atoms with Crippen molar-refractivity contribution in [3.05, 3.63) is 47.7 Å². The van der Waals surface area contributed by atoms with Crippen LogP contribution in [0.4, 0.5) is 0 Å². The van der Waals surface area contributed by atoms with Crippen LogP contribution in [0.25, 0.3) is 0 Å². The van der Waals surface area contributed by atoms with Crippen molar-refractivity contribution >= 4 is 22.4 Å². The summed E-state index contributed by atoms with van der Waals surface area (Å²) in [7, 11) is -1.92. The van der Waals surface area contributed by atoms with Crippen molar-refractivity contribution in [3.8, 4) is 0 Å². The molecule has 0 radical (unpaired) electrons. The van der Waals surface area contributed by atoms with E-state index in [1.54, 1.807) is 17.4 Å². The second-order valence-electron chi connectivity index (χ2n) is 5.72. The maximum Gasteiger partial charge on any atom is 0.260 e. The highest BCUT2D eigenvalue weighted by Crippen LogP contribution is 2.28. The summed E-state index contributed by atoms with van der Waals surface area (Å²) >= 11 is 0. The van der Waals surface area contributed by atoms with Crippen LogP contribution < -0.4 is 5.32 Å². The third-order valence-electron chi connectivity index (χ3n) is 4.32. The Hall–Kier alpha value is -1.41. The molecule has 2 aromatic rings. The van der Waals surface area contributed by atoms with E-state index in [0.29, 0.717) is 19.6 Å². The van der Waals surface area contributed by atoms with E-state index in [-0.39, 0.29) is 23.5 Å². The highest BCUT2D eigenvalue weighted by atomic mass is 35.5. The molecule has 0 bridgehead atoms. The Kier molecular flexibility index (Phi) is 6.03. The third kappa shape index (κ3) is 3.49. The molecule has 24 heavy (non-hydrogen) atoms. The van der Waals surface area contributed by atoms with Crippen molar-refractivity contribution in [2.75, 3.05) is 19.6 Å². The lowest BCUT2D eigenvalue weighted by atomic mass is 10.0. The molecule has 6 nitrogen and oxygen atoms in total. The van der Waals surface area contributed by atoms with E-state index in [1.807, 2.05) is 12.1 Å². The van der Waals surface area contributed by atoms with Gasteiger partial charge in [-0.25, -0.2) is 8.42 Å². The number of aryl methyl sites for hydroxylation is 2. The van der Waals surface area contributed by atoms with Crippen molar-refractivity contribution in [1.29, 1.82) is 0 Å². The molecule has 1 unspecified atom stereocenters. The van der Waals surface area contributed by atoms with Crippen LogP contribution in [0.2, 0.25) is 0 Å². The first-order valence-electron chi connectivity index (χ1n) is 7.83. The van der Waals surface area contributed by atoms with E-state index in [0.717, 1.165) is 12.0 Å². The summed E-state index contributed by atoms with van der Waals surface area (Å²) in [5.41, 5.74) is 2.26. The Morgan fingerprint density at radius 1 is 1.25 bits per heavy atom.